The van der Waals surface area contributed by atoms with E-state index in [4.69, 9.17) is 9.47 Å². The average Bonchev–Trinajstić information content (AvgIpc) is 3.01. The molecule has 5 nitrogen and oxygen atoms in total. The molecule has 1 saturated carbocycles. The lowest BCUT2D eigenvalue weighted by atomic mass is 9.89. The van der Waals surface area contributed by atoms with Crippen molar-refractivity contribution < 1.29 is 18.7 Å². The first kappa shape index (κ1) is 17.0. The van der Waals surface area contributed by atoms with Gasteiger partial charge in [-0.05, 0) is 37.8 Å². The molecule has 1 heterocycles. The van der Waals surface area contributed by atoms with Gasteiger partial charge < -0.3 is 20.1 Å². The van der Waals surface area contributed by atoms with Gasteiger partial charge in [0, 0.05) is 24.4 Å². The number of halogens is 1. The maximum atomic E-state index is 12.2. The maximum Gasteiger partial charge on any atom is 0.319 e. The Balaban J connectivity index is 1.52. The fraction of sp³-hybridized carbons (Fsp3) is 0.611. The van der Waals surface area contributed by atoms with Crippen molar-refractivity contribution >= 4 is 11.7 Å². The van der Waals surface area contributed by atoms with Gasteiger partial charge in [-0.2, -0.15) is 0 Å². The van der Waals surface area contributed by atoms with Crippen molar-refractivity contribution in [3.05, 3.63) is 24.3 Å². The second-order valence-corrected chi connectivity index (χ2v) is 6.59. The van der Waals surface area contributed by atoms with E-state index in [-0.39, 0.29) is 24.3 Å². The van der Waals surface area contributed by atoms with E-state index >= 15 is 0 Å². The molecule has 1 atom stereocenters. The number of amides is 2. The SMILES string of the molecule is O=C(Nc1cccc(OCCF)c1)N[C@@H]1CCOC2(CCCC2)C1. The van der Waals surface area contributed by atoms with Crippen LogP contribution in [0.4, 0.5) is 14.9 Å². The van der Waals surface area contributed by atoms with Gasteiger partial charge in [-0.1, -0.05) is 18.9 Å². The van der Waals surface area contributed by atoms with Gasteiger partial charge in [0.05, 0.1) is 5.60 Å². The molecule has 1 aromatic rings. The Morgan fingerprint density at radius 1 is 1.38 bits per heavy atom. The number of carbonyl (C=O) groups excluding carboxylic acids is 1. The van der Waals surface area contributed by atoms with Crippen molar-refractivity contribution in [3.8, 4) is 5.75 Å². The summed E-state index contributed by atoms with van der Waals surface area (Å²) in [7, 11) is 0. The van der Waals surface area contributed by atoms with Crippen LogP contribution in [0, 0.1) is 0 Å². The topological polar surface area (TPSA) is 59.6 Å². The van der Waals surface area contributed by atoms with Crippen molar-refractivity contribution in [2.45, 2.75) is 50.2 Å². The Kier molecular flexibility index (Phi) is 5.56. The highest BCUT2D eigenvalue weighted by Gasteiger charge is 2.40. The average molecular weight is 336 g/mol. The summed E-state index contributed by atoms with van der Waals surface area (Å²) in [6.07, 6.45) is 6.35. The van der Waals surface area contributed by atoms with Crippen LogP contribution in [-0.2, 0) is 4.74 Å². The van der Waals surface area contributed by atoms with E-state index in [2.05, 4.69) is 10.6 Å². The molecule has 1 aliphatic carbocycles. The van der Waals surface area contributed by atoms with Gasteiger partial charge in [0.1, 0.15) is 19.0 Å². The maximum absolute atomic E-state index is 12.2. The third-order valence-electron chi connectivity index (χ3n) is 4.78. The summed E-state index contributed by atoms with van der Waals surface area (Å²) in [5, 5.41) is 5.87. The molecule has 1 saturated heterocycles. The molecule has 3 rings (SSSR count). The van der Waals surface area contributed by atoms with Gasteiger partial charge in [0.25, 0.3) is 0 Å². The van der Waals surface area contributed by atoms with Crippen molar-refractivity contribution in [2.75, 3.05) is 25.2 Å². The van der Waals surface area contributed by atoms with E-state index in [9.17, 15) is 9.18 Å². The first-order valence-electron chi connectivity index (χ1n) is 8.69. The molecule has 132 valence electrons. The van der Waals surface area contributed by atoms with Gasteiger partial charge in [-0.3, -0.25) is 0 Å². The fourth-order valence-electron chi connectivity index (χ4n) is 3.69. The van der Waals surface area contributed by atoms with Crippen LogP contribution in [0.2, 0.25) is 0 Å². The number of alkyl halides is 1. The first-order valence-corrected chi connectivity index (χ1v) is 8.69. The molecule has 2 fully saturated rings. The van der Waals surface area contributed by atoms with Crippen molar-refractivity contribution in [2.24, 2.45) is 0 Å². The lowest BCUT2D eigenvalue weighted by Gasteiger charge is -2.38. The summed E-state index contributed by atoms with van der Waals surface area (Å²) in [6.45, 7) is 0.182. The van der Waals surface area contributed by atoms with Gasteiger partial charge >= 0.3 is 6.03 Å². The number of rotatable bonds is 5. The minimum absolute atomic E-state index is 0.0137. The summed E-state index contributed by atoms with van der Waals surface area (Å²) in [5.74, 6) is 0.543. The molecule has 1 spiro atoms. The number of hydrogen-bond donors (Lipinski definition) is 2. The molecule has 6 heteroatoms. The summed E-state index contributed by atoms with van der Waals surface area (Å²) in [6, 6.07) is 6.90. The lowest BCUT2D eigenvalue weighted by molar-refractivity contribution is -0.0818. The predicted octanol–water partition coefficient (Wildman–Crippen LogP) is 3.65. The second-order valence-electron chi connectivity index (χ2n) is 6.59. The summed E-state index contributed by atoms with van der Waals surface area (Å²) < 4.78 is 23.4. The largest absolute Gasteiger partial charge is 0.491 e. The summed E-state index contributed by atoms with van der Waals surface area (Å²) >= 11 is 0. The Morgan fingerprint density at radius 2 is 2.21 bits per heavy atom. The minimum atomic E-state index is -0.538. The highest BCUT2D eigenvalue weighted by molar-refractivity contribution is 5.89. The third kappa shape index (κ3) is 4.38. The van der Waals surface area contributed by atoms with Crippen molar-refractivity contribution in [1.29, 1.82) is 0 Å². The Bertz CT molecular complexity index is 561. The van der Waals surface area contributed by atoms with E-state index < -0.39 is 6.67 Å². The molecule has 2 amide bonds. The molecule has 2 aliphatic rings. The van der Waals surface area contributed by atoms with Crippen LogP contribution in [0.25, 0.3) is 0 Å². The number of nitrogens with one attached hydrogen (secondary N) is 2. The van der Waals surface area contributed by atoms with Crippen molar-refractivity contribution in [1.82, 2.24) is 5.32 Å². The molecule has 0 bridgehead atoms. The number of hydrogen-bond acceptors (Lipinski definition) is 3. The van der Waals surface area contributed by atoms with E-state index in [0.29, 0.717) is 18.0 Å². The number of benzene rings is 1. The Labute approximate surface area is 141 Å². The normalized spacial score (nSPS) is 22.3. The zero-order valence-electron chi connectivity index (χ0n) is 13.9. The number of carbonyl (C=O) groups is 1. The quantitative estimate of drug-likeness (QED) is 0.863. The van der Waals surface area contributed by atoms with Crippen LogP contribution in [0.1, 0.15) is 38.5 Å². The Morgan fingerprint density at radius 3 is 3.00 bits per heavy atom. The van der Waals surface area contributed by atoms with E-state index in [0.717, 1.165) is 25.7 Å². The molecular weight excluding hydrogens is 311 g/mol. The number of anilines is 1. The minimum Gasteiger partial charge on any atom is -0.491 e. The van der Waals surface area contributed by atoms with Gasteiger partial charge in [-0.15, -0.1) is 0 Å². The first-order chi connectivity index (χ1) is 11.7. The lowest BCUT2D eigenvalue weighted by Crippen LogP contribution is -2.48. The van der Waals surface area contributed by atoms with Gasteiger partial charge in [0.2, 0.25) is 0 Å². The number of urea groups is 1. The van der Waals surface area contributed by atoms with E-state index in [1.807, 2.05) is 0 Å². The van der Waals surface area contributed by atoms with Crippen LogP contribution < -0.4 is 15.4 Å². The second kappa shape index (κ2) is 7.83. The number of ether oxygens (including phenoxy) is 2. The molecule has 1 aromatic carbocycles. The predicted molar refractivity (Wildman–Crippen MR) is 90.2 cm³/mol. The van der Waals surface area contributed by atoms with Crippen LogP contribution in [0.5, 0.6) is 5.75 Å². The van der Waals surface area contributed by atoms with Crippen LogP contribution in [0.3, 0.4) is 0 Å². The molecule has 24 heavy (non-hydrogen) atoms. The zero-order chi connectivity index (χ0) is 16.8. The molecule has 1 aliphatic heterocycles. The fourth-order valence-corrected chi connectivity index (χ4v) is 3.69. The zero-order valence-corrected chi connectivity index (χ0v) is 13.9. The smallest absolute Gasteiger partial charge is 0.319 e. The van der Waals surface area contributed by atoms with Gasteiger partial charge in [-0.25, -0.2) is 9.18 Å². The molecular formula is C18H25FN2O3. The molecule has 2 N–H and O–H groups in total. The molecule has 0 radical (unpaired) electrons. The van der Waals surface area contributed by atoms with E-state index in [1.54, 1.807) is 24.3 Å². The molecule has 0 aromatic heterocycles. The van der Waals surface area contributed by atoms with E-state index in [1.165, 1.54) is 12.8 Å². The highest BCUT2D eigenvalue weighted by Crippen LogP contribution is 2.39. The standard InChI is InChI=1S/C18H25FN2O3/c19-9-11-23-16-5-3-4-14(12-16)20-17(22)21-15-6-10-24-18(13-15)7-1-2-8-18/h3-5,12,15H,1-2,6-11,13H2,(H2,20,21,22)/t15-/m1/s1. The van der Waals surface area contributed by atoms with Crippen LogP contribution in [0.15, 0.2) is 24.3 Å². The van der Waals surface area contributed by atoms with Crippen LogP contribution in [-0.4, -0.2) is 37.6 Å². The molecule has 0 unspecified atom stereocenters. The summed E-state index contributed by atoms with van der Waals surface area (Å²) in [5.41, 5.74) is 0.613. The van der Waals surface area contributed by atoms with Crippen LogP contribution >= 0.6 is 0 Å². The van der Waals surface area contributed by atoms with Gasteiger partial charge in [0.15, 0.2) is 0 Å². The monoisotopic (exact) mass is 336 g/mol. The summed E-state index contributed by atoms with van der Waals surface area (Å²) in [4.78, 5) is 12.2. The van der Waals surface area contributed by atoms with Crippen molar-refractivity contribution in [3.63, 3.8) is 0 Å². The Hall–Kier alpha value is -1.82. The third-order valence-corrected chi connectivity index (χ3v) is 4.78. The highest BCUT2D eigenvalue weighted by atomic mass is 19.1.